The molecule has 0 aromatic rings. The van der Waals surface area contributed by atoms with Crippen molar-refractivity contribution in [3.8, 4) is 6.26 Å². The third-order valence-corrected chi connectivity index (χ3v) is 0. The molecule has 0 rings (SSSR count). The first-order valence-corrected chi connectivity index (χ1v) is 0.447. The zero-order valence-electron chi connectivity index (χ0n) is 2.08. The summed E-state index contributed by atoms with van der Waals surface area (Å²) in [5.74, 6) is 0. The average molecular weight is 198 g/mol. The van der Waals surface area contributed by atoms with Crippen LogP contribution in [-0.4, -0.2) is 56.5 Å². The van der Waals surface area contributed by atoms with E-state index in [9.17, 15) is 0 Å². The summed E-state index contributed by atoms with van der Waals surface area (Å²) in [5.41, 5.74) is 0. The van der Waals surface area contributed by atoms with E-state index < -0.39 is 0 Å². The van der Waals surface area contributed by atoms with Crippen LogP contribution >= 0.6 is 0 Å². The molecule has 0 aliphatic carbocycles. The van der Waals surface area contributed by atoms with Crippen molar-refractivity contribution in [3.63, 3.8) is 0 Å². The summed E-state index contributed by atoms with van der Waals surface area (Å²) in [4.78, 5) is 0. The van der Waals surface area contributed by atoms with Crippen molar-refractivity contribution in [1.82, 2.24) is 0 Å². The summed E-state index contributed by atoms with van der Waals surface area (Å²) in [7, 11) is 0. The molecule has 1 radical (unpaired) electrons. The van der Waals surface area contributed by atoms with Gasteiger partial charge in [-0.25, -0.2) is 0 Å². The van der Waals surface area contributed by atoms with Gasteiger partial charge in [0.15, 0.2) is 0 Å². The van der Waals surface area contributed by atoms with Gasteiger partial charge in [0.2, 0.25) is 0 Å². The fourth-order valence-electron chi connectivity index (χ4n) is 0. The quantitative estimate of drug-likeness (QED) is 0.408. The number of rotatable bonds is 0. The first kappa shape index (κ1) is 24.6. The van der Waals surface area contributed by atoms with E-state index in [0.29, 0.717) is 0 Å². The molecule has 0 saturated heterocycles. The van der Waals surface area contributed by atoms with Gasteiger partial charge in [0.05, 0.1) is 0 Å². The molecule has 0 spiro atoms. The zero-order chi connectivity index (χ0) is 2.71. The molecule has 0 aliphatic rings. The Bertz CT molecular complexity index is 37.0. The van der Waals surface area contributed by atoms with E-state index in [4.69, 9.17) is 10.4 Å². The van der Waals surface area contributed by atoms with Crippen LogP contribution in [0.25, 0.3) is 0 Å². The van der Waals surface area contributed by atoms with Crippen molar-refractivity contribution in [2.75, 3.05) is 0 Å². The maximum atomic E-state index is 6.88. The van der Waals surface area contributed by atoms with Crippen LogP contribution in [0.2, 0.25) is 0 Å². The zero-order valence-corrected chi connectivity index (χ0v) is 4.23. The van der Waals surface area contributed by atoms with Crippen molar-refractivity contribution < 1.29 is 39.0 Å². The predicted octanol–water partition coefficient (Wildman–Crippen LogP) is -0.814. The topological polar surface area (TPSA) is 44.0 Å². The van der Waals surface area contributed by atoms with Gasteiger partial charge < -0.3 is 5.11 Å². The predicted molar refractivity (Wildman–Crippen MR) is 14.7 cm³/mol. The Balaban J connectivity index is -0.00000000667. The molecule has 0 unspecified atom stereocenters. The molecule has 6 heavy (non-hydrogen) atoms. The summed E-state index contributed by atoms with van der Waals surface area (Å²) in [5, 5.41) is 13.8. The van der Waals surface area contributed by atoms with Gasteiger partial charge in [-0.1, -0.05) is 0 Å². The van der Waals surface area contributed by atoms with Crippen LogP contribution in [0.5, 0.6) is 0 Å². The standard InChI is InChI=1S/CHNO.Co.Fe.K.H/c2-1-3;;;;/h3H;;;;. The second-order valence-electron chi connectivity index (χ2n) is 0.100. The third-order valence-electron chi connectivity index (χ3n) is 0. The SMILES string of the molecule is N#CO.[Co].[Fe].[KH]. The normalized spacial score (nSPS) is 1.17. The van der Waals surface area contributed by atoms with Crippen LogP contribution in [0.3, 0.4) is 0 Å². The molecule has 1 N–H and O–H groups in total. The monoisotopic (exact) mass is 198 g/mol. The van der Waals surface area contributed by atoms with Crippen LogP contribution in [0, 0.1) is 11.5 Å². The summed E-state index contributed by atoms with van der Waals surface area (Å²) in [6.45, 7) is 0. The number of nitriles is 1. The molecule has 0 bridgehead atoms. The average Bonchev–Trinajstić information content (AvgIpc) is 0.918. The Labute approximate surface area is 99.8 Å². The molecule has 35 valence electrons. The van der Waals surface area contributed by atoms with Crippen molar-refractivity contribution in [3.05, 3.63) is 0 Å². The first-order chi connectivity index (χ1) is 1.41. The van der Waals surface area contributed by atoms with Gasteiger partial charge in [-0.15, -0.1) is 0 Å². The Morgan fingerprint density at radius 2 is 1.50 bits per heavy atom. The summed E-state index contributed by atoms with van der Waals surface area (Å²) in [6, 6.07) is 0. The molecule has 5 heteroatoms. The van der Waals surface area contributed by atoms with Gasteiger partial charge in [-0.2, -0.15) is 5.26 Å². The molecule has 0 saturated carbocycles. The Kier molecular flexibility index (Phi) is 116. The number of hydrogen-bond donors (Lipinski definition) is 1. The minimum atomic E-state index is 0. The molecular formula is CH2CoFeKNO. The molecule has 0 atom stereocenters. The number of aliphatic hydroxyl groups excluding tert-OH is 1. The first-order valence-electron chi connectivity index (χ1n) is 0.447. The van der Waals surface area contributed by atoms with E-state index in [2.05, 4.69) is 0 Å². The maximum absolute atomic E-state index is 6.88. The van der Waals surface area contributed by atoms with E-state index in [0.717, 1.165) is 6.26 Å². The fraction of sp³-hybridized carbons (Fsp3) is 0. The Hall–Kier alpha value is 1.95. The van der Waals surface area contributed by atoms with Gasteiger partial charge in [0.25, 0.3) is 6.26 Å². The van der Waals surface area contributed by atoms with Gasteiger partial charge in [0.1, 0.15) is 0 Å². The van der Waals surface area contributed by atoms with Crippen molar-refractivity contribution in [2.24, 2.45) is 0 Å². The number of nitrogens with zero attached hydrogens (tertiary/aromatic N) is 1. The Morgan fingerprint density at radius 3 is 1.50 bits per heavy atom. The summed E-state index contributed by atoms with van der Waals surface area (Å²) < 4.78 is 0. The second-order valence-corrected chi connectivity index (χ2v) is 0.100. The number of hydrogen-bond acceptors (Lipinski definition) is 2. The van der Waals surface area contributed by atoms with E-state index in [1.807, 2.05) is 0 Å². The molecule has 0 fully saturated rings. The van der Waals surface area contributed by atoms with Crippen LogP contribution in [0.15, 0.2) is 0 Å². The van der Waals surface area contributed by atoms with Gasteiger partial charge in [-0.05, 0) is 0 Å². The molecular weight excluding hydrogens is 196 g/mol. The van der Waals surface area contributed by atoms with Gasteiger partial charge in [-0.3, -0.25) is 0 Å². The molecule has 0 heterocycles. The minimum absolute atomic E-state index is 0. The second kappa shape index (κ2) is 28.3. The molecule has 2 nitrogen and oxygen atoms in total. The van der Waals surface area contributed by atoms with Gasteiger partial charge in [0, 0.05) is 33.8 Å². The van der Waals surface area contributed by atoms with Crippen molar-refractivity contribution in [2.45, 2.75) is 0 Å². The van der Waals surface area contributed by atoms with Crippen LogP contribution in [-0.2, 0) is 33.8 Å². The number of aliphatic hydroxyl groups is 1. The van der Waals surface area contributed by atoms with Crippen molar-refractivity contribution in [1.29, 1.82) is 5.26 Å². The molecule has 0 aliphatic heterocycles. The van der Waals surface area contributed by atoms with E-state index in [-0.39, 0.29) is 85.2 Å². The Morgan fingerprint density at radius 1 is 1.50 bits per heavy atom. The third kappa shape index (κ3) is 38.3. The molecule has 0 amide bonds. The van der Waals surface area contributed by atoms with Crippen LogP contribution < -0.4 is 0 Å². The van der Waals surface area contributed by atoms with Crippen LogP contribution in [0.1, 0.15) is 0 Å². The summed E-state index contributed by atoms with van der Waals surface area (Å²) >= 11 is 0. The molecule has 0 aromatic heterocycles. The fourth-order valence-corrected chi connectivity index (χ4v) is 0. The summed E-state index contributed by atoms with van der Waals surface area (Å²) in [6.07, 6.45) is 0.750. The van der Waals surface area contributed by atoms with E-state index in [1.165, 1.54) is 0 Å². The van der Waals surface area contributed by atoms with E-state index in [1.54, 1.807) is 0 Å². The molecule has 0 aromatic carbocycles. The van der Waals surface area contributed by atoms with Crippen molar-refractivity contribution >= 4 is 51.4 Å². The van der Waals surface area contributed by atoms with E-state index >= 15 is 0 Å². The van der Waals surface area contributed by atoms with Gasteiger partial charge >= 0.3 is 51.4 Å². The van der Waals surface area contributed by atoms with Crippen LogP contribution in [0.4, 0.5) is 0 Å².